The third kappa shape index (κ3) is 6.04. The molecule has 0 fully saturated rings. The molecule has 0 spiro atoms. The molecule has 6 nitrogen and oxygen atoms in total. The van der Waals surface area contributed by atoms with Crippen LogP contribution in [0.1, 0.15) is 31.1 Å². The Bertz CT molecular complexity index is 877. The lowest BCUT2D eigenvalue weighted by molar-refractivity contribution is -0.140. The monoisotopic (exact) mass is 393 g/mol. The van der Waals surface area contributed by atoms with E-state index in [9.17, 15) is 32.3 Å². The summed E-state index contributed by atoms with van der Waals surface area (Å²) < 4.78 is 40.5. The van der Waals surface area contributed by atoms with Gasteiger partial charge in [-0.2, -0.15) is 13.2 Å². The third-order valence-corrected chi connectivity index (χ3v) is 3.45. The van der Waals surface area contributed by atoms with Crippen molar-refractivity contribution in [1.82, 2.24) is 5.32 Å². The van der Waals surface area contributed by atoms with Crippen LogP contribution in [0.4, 0.5) is 13.2 Å². The molecule has 0 aromatic heterocycles. The van der Waals surface area contributed by atoms with Crippen molar-refractivity contribution >= 4 is 23.4 Å². The van der Waals surface area contributed by atoms with Crippen LogP contribution in [0.15, 0.2) is 54.6 Å². The molecule has 1 amide bonds. The number of carbonyl (C=O) groups excluding carboxylic acids is 4. The van der Waals surface area contributed by atoms with Crippen molar-refractivity contribution in [1.29, 1.82) is 0 Å². The molecule has 0 aliphatic heterocycles. The highest BCUT2D eigenvalue weighted by Crippen LogP contribution is 2.12. The van der Waals surface area contributed by atoms with E-state index in [-0.39, 0.29) is 16.7 Å². The number of hydrogen-bond acceptors (Lipinski definition) is 5. The number of Topliss-reactive ketones (excluding diaryl/α,β-unsaturated/α-hetero) is 2. The topological polar surface area (TPSA) is 89.5 Å². The molecule has 0 unspecified atom stereocenters. The summed E-state index contributed by atoms with van der Waals surface area (Å²) in [6, 6.07) is 12.8. The van der Waals surface area contributed by atoms with Gasteiger partial charge >= 0.3 is 12.1 Å². The molecule has 9 heteroatoms. The minimum absolute atomic E-state index is 0.0349. The molecular weight excluding hydrogens is 379 g/mol. The molecule has 0 heterocycles. The Labute approximate surface area is 157 Å². The van der Waals surface area contributed by atoms with Gasteiger partial charge in [0.05, 0.1) is 5.56 Å². The summed E-state index contributed by atoms with van der Waals surface area (Å²) in [5.74, 6) is -3.55. The lowest BCUT2D eigenvalue weighted by Gasteiger charge is -2.09. The van der Waals surface area contributed by atoms with Gasteiger partial charge in [-0.15, -0.1) is 0 Å². The van der Waals surface area contributed by atoms with Crippen LogP contribution in [0.3, 0.4) is 0 Å². The van der Waals surface area contributed by atoms with Gasteiger partial charge in [-0.3, -0.25) is 14.4 Å². The number of ether oxygens (including phenoxy) is 1. The van der Waals surface area contributed by atoms with Gasteiger partial charge in [-0.25, -0.2) is 4.79 Å². The number of alkyl halides is 3. The van der Waals surface area contributed by atoms with E-state index in [4.69, 9.17) is 0 Å². The number of carbonyl (C=O) groups is 4. The van der Waals surface area contributed by atoms with E-state index in [2.05, 4.69) is 4.74 Å². The normalized spacial score (nSPS) is 10.8. The maximum atomic E-state index is 12.2. The van der Waals surface area contributed by atoms with E-state index in [1.54, 1.807) is 23.5 Å². The maximum Gasteiger partial charge on any atom is 0.405 e. The first-order valence-corrected chi connectivity index (χ1v) is 7.92. The molecule has 0 aliphatic rings. The van der Waals surface area contributed by atoms with Gasteiger partial charge in [0, 0.05) is 11.1 Å². The predicted octanol–water partition coefficient (Wildman–Crippen LogP) is 2.59. The second-order valence-corrected chi connectivity index (χ2v) is 5.57. The number of ketones is 2. The quantitative estimate of drug-likeness (QED) is 0.444. The van der Waals surface area contributed by atoms with Crippen molar-refractivity contribution in [2.24, 2.45) is 0 Å². The lowest BCUT2D eigenvalue weighted by atomic mass is 10.0. The summed E-state index contributed by atoms with van der Waals surface area (Å²) in [6.07, 6.45) is -4.57. The smallest absolute Gasteiger partial charge is 0.405 e. The Hall–Kier alpha value is -3.49. The van der Waals surface area contributed by atoms with Crippen molar-refractivity contribution in [2.45, 2.75) is 6.18 Å². The number of nitrogens with one attached hydrogen (secondary N) is 1. The molecular formula is C19H14F3NO5. The average Bonchev–Trinajstić information content (AvgIpc) is 2.69. The van der Waals surface area contributed by atoms with Crippen molar-refractivity contribution in [3.8, 4) is 0 Å². The first-order chi connectivity index (χ1) is 13.2. The van der Waals surface area contributed by atoms with Gasteiger partial charge in [-0.1, -0.05) is 42.5 Å². The Morgan fingerprint density at radius 3 is 1.82 bits per heavy atom. The highest BCUT2D eigenvalue weighted by molar-refractivity contribution is 6.49. The number of halogens is 3. The predicted molar refractivity (Wildman–Crippen MR) is 90.9 cm³/mol. The van der Waals surface area contributed by atoms with E-state index in [0.29, 0.717) is 0 Å². The summed E-state index contributed by atoms with van der Waals surface area (Å²) in [6.45, 7) is -2.42. The molecule has 1 N–H and O–H groups in total. The number of hydrogen-bond donors (Lipinski definition) is 1. The highest BCUT2D eigenvalue weighted by Gasteiger charge is 2.27. The zero-order valence-corrected chi connectivity index (χ0v) is 14.3. The molecule has 0 saturated heterocycles. The Morgan fingerprint density at radius 2 is 1.29 bits per heavy atom. The second kappa shape index (κ2) is 8.94. The fourth-order valence-corrected chi connectivity index (χ4v) is 2.07. The molecule has 0 aliphatic carbocycles. The van der Waals surface area contributed by atoms with E-state index in [1.165, 1.54) is 36.4 Å². The molecule has 0 atom stereocenters. The number of benzene rings is 2. The van der Waals surface area contributed by atoms with Gasteiger partial charge in [0.1, 0.15) is 6.54 Å². The summed E-state index contributed by atoms with van der Waals surface area (Å²) in [5.41, 5.74) is 0.238. The van der Waals surface area contributed by atoms with Crippen LogP contribution in [-0.4, -0.2) is 42.8 Å². The molecule has 2 aromatic carbocycles. The molecule has 0 radical (unpaired) electrons. The van der Waals surface area contributed by atoms with Crippen molar-refractivity contribution < 1.29 is 37.1 Å². The number of rotatable bonds is 7. The minimum Gasteiger partial charge on any atom is -0.452 e. The van der Waals surface area contributed by atoms with Gasteiger partial charge < -0.3 is 10.1 Å². The van der Waals surface area contributed by atoms with Gasteiger partial charge in [0.25, 0.3) is 5.91 Å². The Kier molecular flexibility index (Phi) is 6.64. The van der Waals surface area contributed by atoms with Gasteiger partial charge in [0.15, 0.2) is 6.61 Å². The van der Waals surface area contributed by atoms with E-state index in [0.717, 1.165) is 0 Å². The van der Waals surface area contributed by atoms with Gasteiger partial charge in [-0.05, 0) is 12.1 Å². The van der Waals surface area contributed by atoms with Crippen LogP contribution < -0.4 is 5.32 Å². The zero-order chi connectivity index (χ0) is 20.7. The highest BCUT2D eigenvalue weighted by atomic mass is 19.4. The molecule has 2 aromatic rings. The minimum atomic E-state index is -4.57. The summed E-state index contributed by atoms with van der Waals surface area (Å²) in [5, 5.41) is 1.56. The fraction of sp³-hybridized carbons (Fsp3) is 0.158. The summed E-state index contributed by atoms with van der Waals surface area (Å²) >= 11 is 0. The average molecular weight is 393 g/mol. The molecule has 0 bridgehead atoms. The first kappa shape index (κ1) is 20.8. The fourth-order valence-electron chi connectivity index (χ4n) is 2.07. The molecule has 2 rings (SSSR count). The summed E-state index contributed by atoms with van der Waals surface area (Å²) in [4.78, 5) is 47.3. The van der Waals surface area contributed by atoms with Crippen LogP contribution in [0.25, 0.3) is 0 Å². The Morgan fingerprint density at radius 1 is 0.786 bits per heavy atom. The maximum absolute atomic E-state index is 12.2. The van der Waals surface area contributed by atoms with Crippen LogP contribution in [0.2, 0.25) is 0 Å². The summed E-state index contributed by atoms with van der Waals surface area (Å²) in [7, 11) is 0. The zero-order valence-electron chi connectivity index (χ0n) is 14.3. The van der Waals surface area contributed by atoms with Crippen LogP contribution >= 0.6 is 0 Å². The number of esters is 1. The second-order valence-electron chi connectivity index (χ2n) is 5.57. The lowest BCUT2D eigenvalue weighted by Crippen LogP contribution is -2.36. The van der Waals surface area contributed by atoms with Crippen LogP contribution in [-0.2, 0) is 9.53 Å². The van der Waals surface area contributed by atoms with E-state index < -0.39 is 42.8 Å². The van der Waals surface area contributed by atoms with Crippen molar-refractivity contribution in [3.63, 3.8) is 0 Å². The SMILES string of the molecule is O=C(COC(=O)c1ccc(C(=O)C(=O)c2ccccc2)cc1)NCC(F)(F)F. The van der Waals surface area contributed by atoms with Crippen molar-refractivity contribution in [3.05, 3.63) is 71.3 Å². The molecule has 0 saturated carbocycles. The molecule has 146 valence electrons. The van der Waals surface area contributed by atoms with E-state index in [1.807, 2.05) is 0 Å². The van der Waals surface area contributed by atoms with Gasteiger partial charge in [0.2, 0.25) is 11.6 Å². The third-order valence-electron chi connectivity index (χ3n) is 3.45. The largest absolute Gasteiger partial charge is 0.452 e. The first-order valence-electron chi connectivity index (χ1n) is 7.92. The Balaban J connectivity index is 1.93. The molecule has 28 heavy (non-hydrogen) atoms. The van der Waals surface area contributed by atoms with Crippen LogP contribution in [0.5, 0.6) is 0 Å². The number of amides is 1. The van der Waals surface area contributed by atoms with E-state index >= 15 is 0 Å². The van der Waals surface area contributed by atoms with Crippen LogP contribution in [0, 0.1) is 0 Å². The standard InChI is InChI=1S/C19H14F3NO5/c20-19(21,22)11-23-15(24)10-28-18(27)14-8-6-13(7-9-14)17(26)16(25)12-4-2-1-3-5-12/h1-9H,10-11H2,(H,23,24). The van der Waals surface area contributed by atoms with Crippen molar-refractivity contribution in [2.75, 3.05) is 13.2 Å².